The lowest BCUT2D eigenvalue weighted by Crippen LogP contribution is -2.46. The van der Waals surface area contributed by atoms with Crippen molar-refractivity contribution in [1.82, 2.24) is 5.32 Å². The highest BCUT2D eigenvalue weighted by molar-refractivity contribution is 6.00. The Bertz CT molecular complexity index is 524. The van der Waals surface area contributed by atoms with Crippen LogP contribution in [0.4, 0.5) is 5.69 Å². The smallest absolute Gasteiger partial charge is 0.254 e. The summed E-state index contributed by atoms with van der Waals surface area (Å²) in [5, 5.41) is 2.96. The Kier molecular flexibility index (Phi) is 2.74. The zero-order valence-corrected chi connectivity index (χ0v) is 10.7. The average Bonchev–Trinajstić information content (AvgIpc) is 2.96. The number of carbonyl (C=O) groups excluding carboxylic acids is 1. The zero-order valence-electron chi connectivity index (χ0n) is 10.7. The number of amides is 1. The summed E-state index contributed by atoms with van der Waals surface area (Å²) < 4.78 is 15.8. The molecule has 1 atom stereocenters. The van der Waals surface area contributed by atoms with Crippen LogP contribution in [0.1, 0.15) is 23.7 Å². The van der Waals surface area contributed by atoms with Crippen molar-refractivity contribution in [2.45, 2.75) is 18.9 Å². The maximum Gasteiger partial charge on any atom is 0.254 e. The molecule has 0 radical (unpaired) electrons. The molecule has 0 saturated carbocycles. The van der Waals surface area contributed by atoms with E-state index in [9.17, 15) is 4.79 Å². The number of hydrogen-bond donors (Lipinski definition) is 2. The first-order valence-electron chi connectivity index (χ1n) is 6.17. The van der Waals surface area contributed by atoms with Gasteiger partial charge in [-0.15, -0.1) is 0 Å². The number of fused-ring (bicyclic) bond motifs is 1. The van der Waals surface area contributed by atoms with Gasteiger partial charge in [0.05, 0.1) is 17.7 Å². The largest absolute Gasteiger partial charge is 0.454 e. The van der Waals surface area contributed by atoms with E-state index in [-0.39, 0.29) is 18.2 Å². The molecule has 3 N–H and O–H groups in total. The van der Waals surface area contributed by atoms with E-state index in [1.807, 2.05) is 6.92 Å². The Hall–Kier alpha value is -1.95. The van der Waals surface area contributed by atoms with Gasteiger partial charge in [-0.1, -0.05) is 0 Å². The molecule has 0 bridgehead atoms. The number of nitrogens with one attached hydrogen (secondary N) is 1. The molecule has 6 heteroatoms. The van der Waals surface area contributed by atoms with Gasteiger partial charge in [0.15, 0.2) is 11.5 Å². The van der Waals surface area contributed by atoms with Gasteiger partial charge < -0.3 is 25.3 Å². The average molecular weight is 264 g/mol. The van der Waals surface area contributed by atoms with Crippen LogP contribution >= 0.6 is 0 Å². The summed E-state index contributed by atoms with van der Waals surface area (Å²) in [6, 6.07) is 3.23. The molecule has 3 rings (SSSR count). The summed E-state index contributed by atoms with van der Waals surface area (Å²) in [5.74, 6) is 0.903. The van der Waals surface area contributed by atoms with Crippen LogP contribution in [0.2, 0.25) is 0 Å². The van der Waals surface area contributed by atoms with Gasteiger partial charge in [-0.2, -0.15) is 0 Å². The minimum absolute atomic E-state index is 0.158. The monoisotopic (exact) mass is 264 g/mol. The van der Waals surface area contributed by atoms with E-state index < -0.39 is 0 Å². The Morgan fingerprint density at radius 3 is 2.79 bits per heavy atom. The molecule has 2 aliphatic rings. The molecule has 2 heterocycles. The van der Waals surface area contributed by atoms with E-state index in [1.54, 1.807) is 12.1 Å². The standard InChI is InChI=1S/C13H16N2O4/c1-13(2-3-17-6-13)15-12(16)8-4-10-11(5-9(8)14)19-7-18-10/h4-5H,2-3,6-7,14H2,1H3,(H,15,16). The van der Waals surface area contributed by atoms with Crippen LogP contribution in [-0.4, -0.2) is 31.5 Å². The number of nitrogens with two attached hydrogens (primary N) is 1. The maximum atomic E-state index is 12.3. The second-order valence-corrected chi connectivity index (χ2v) is 5.11. The van der Waals surface area contributed by atoms with E-state index in [0.717, 1.165) is 6.42 Å². The Balaban J connectivity index is 1.83. The van der Waals surface area contributed by atoms with Crippen molar-refractivity contribution in [3.8, 4) is 11.5 Å². The Morgan fingerprint density at radius 1 is 1.37 bits per heavy atom. The predicted molar refractivity (Wildman–Crippen MR) is 68.3 cm³/mol. The number of ether oxygens (including phenoxy) is 3. The van der Waals surface area contributed by atoms with E-state index >= 15 is 0 Å². The molecule has 1 unspecified atom stereocenters. The van der Waals surface area contributed by atoms with Gasteiger partial charge in [-0.25, -0.2) is 0 Å². The molecule has 0 aliphatic carbocycles. The highest BCUT2D eigenvalue weighted by atomic mass is 16.7. The van der Waals surface area contributed by atoms with Crippen LogP contribution < -0.4 is 20.5 Å². The number of nitrogen functional groups attached to an aromatic ring is 1. The third-order valence-corrected chi connectivity index (χ3v) is 3.42. The van der Waals surface area contributed by atoms with Crippen LogP contribution in [0.15, 0.2) is 12.1 Å². The maximum absolute atomic E-state index is 12.3. The summed E-state index contributed by atoms with van der Waals surface area (Å²) >= 11 is 0. The zero-order chi connectivity index (χ0) is 13.5. The highest BCUT2D eigenvalue weighted by Gasteiger charge is 2.32. The Labute approximate surface area is 110 Å². The van der Waals surface area contributed by atoms with Crippen LogP contribution in [0.3, 0.4) is 0 Å². The SMILES string of the molecule is CC1(NC(=O)c2cc3c(cc2N)OCO3)CCOC1. The van der Waals surface area contributed by atoms with Crippen molar-refractivity contribution >= 4 is 11.6 Å². The van der Waals surface area contributed by atoms with E-state index in [0.29, 0.717) is 36.0 Å². The summed E-state index contributed by atoms with van der Waals surface area (Å²) in [6.07, 6.45) is 0.795. The lowest BCUT2D eigenvalue weighted by molar-refractivity contribution is 0.0890. The summed E-state index contributed by atoms with van der Waals surface area (Å²) in [7, 11) is 0. The molecule has 2 aliphatic heterocycles. The molecule has 0 aromatic heterocycles. The second kappa shape index (κ2) is 4.31. The quantitative estimate of drug-likeness (QED) is 0.776. The second-order valence-electron chi connectivity index (χ2n) is 5.11. The fraction of sp³-hybridized carbons (Fsp3) is 0.462. The fourth-order valence-electron chi connectivity index (χ4n) is 2.26. The third kappa shape index (κ3) is 2.19. The van der Waals surface area contributed by atoms with Gasteiger partial charge in [-0.3, -0.25) is 4.79 Å². The number of benzene rings is 1. The van der Waals surface area contributed by atoms with Gasteiger partial charge in [0.1, 0.15) is 0 Å². The third-order valence-electron chi connectivity index (χ3n) is 3.42. The van der Waals surface area contributed by atoms with Gasteiger partial charge in [0.25, 0.3) is 5.91 Å². The van der Waals surface area contributed by atoms with Crippen molar-refractivity contribution in [3.63, 3.8) is 0 Å². The summed E-state index contributed by atoms with van der Waals surface area (Å²) in [6.45, 7) is 3.29. The first kappa shape index (κ1) is 12.1. The minimum atomic E-state index is -0.333. The first-order valence-corrected chi connectivity index (χ1v) is 6.17. The topological polar surface area (TPSA) is 82.8 Å². The van der Waals surface area contributed by atoms with Gasteiger partial charge in [0, 0.05) is 18.4 Å². The van der Waals surface area contributed by atoms with Crippen LogP contribution in [0.5, 0.6) is 11.5 Å². The van der Waals surface area contributed by atoms with E-state index in [2.05, 4.69) is 5.32 Å². The summed E-state index contributed by atoms with van der Waals surface area (Å²) in [5.41, 5.74) is 6.33. The van der Waals surface area contributed by atoms with Gasteiger partial charge >= 0.3 is 0 Å². The number of rotatable bonds is 2. The van der Waals surface area contributed by atoms with Crippen LogP contribution in [0, 0.1) is 0 Å². The van der Waals surface area contributed by atoms with E-state index in [4.69, 9.17) is 19.9 Å². The Morgan fingerprint density at radius 2 is 2.11 bits per heavy atom. The van der Waals surface area contributed by atoms with Gasteiger partial charge in [-0.05, 0) is 19.4 Å². The van der Waals surface area contributed by atoms with Crippen molar-refractivity contribution in [1.29, 1.82) is 0 Å². The molecule has 1 fully saturated rings. The molecule has 1 saturated heterocycles. The molecule has 1 aromatic carbocycles. The summed E-state index contributed by atoms with van der Waals surface area (Å²) in [4.78, 5) is 12.3. The molecule has 6 nitrogen and oxygen atoms in total. The predicted octanol–water partition coefficient (Wildman–Crippen LogP) is 0.906. The lowest BCUT2D eigenvalue weighted by atomic mass is 10.0. The van der Waals surface area contributed by atoms with Crippen molar-refractivity contribution in [3.05, 3.63) is 17.7 Å². The molecule has 0 spiro atoms. The van der Waals surface area contributed by atoms with Crippen LogP contribution in [0.25, 0.3) is 0 Å². The van der Waals surface area contributed by atoms with E-state index in [1.165, 1.54) is 0 Å². The lowest BCUT2D eigenvalue weighted by Gasteiger charge is -2.23. The van der Waals surface area contributed by atoms with Gasteiger partial charge in [0.2, 0.25) is 6.79 Å². The number of carbonyl (C=O) groups is 1. The normalized spacial score (nSPS) is 24.5. The van der Waals surface area contributed by atoms with Crippen LogP contribution in [-0.2, 0) is 4.74 Å². The van der Waals surface area contributed by atoms with Crippen molar-refractivity contribution in [2.24, 2.45) is 0 Å². The molecule has 1 aromatic rings. The molecule has 1 amide bonds. The minimum Gasteiger partial charge on any atom is -0.454 e. The van der Waals surface area contributed by atoms with Crippen molar-refractivity contribution < 1.29 is 19.0 Å². The number of anilines is 1. The molecule has 19 heavy (non-hydrogen) atoms. The highest BCUT2D eigenvalue weighted by Crippen LogP contribution is 2.36. The fourth-order valence-corrected chi connectivity index (χ4v) is 2.26. The van der Waals surface area contributed by atoms with Crippen molar-refractivity contribution in [2.75, 3.05) is 25.7 Å². The molecule has 102 valence electrons. The number of hydrogen-bond acceptors (Lipinski definition) is 5. The first-order chi connectivity index (χ1) is 9.07. The molecular formula is C13H16N2O4. The molecular weight excluding hydrogens is 248 g/mol.